The van der Waals surface area contributed by atoms with E-state index in [1.165, 1.54) is 5.56 Å². The topological polar surface area (TPSA) is 44.4 Å². The summed E-state index contributed by atoms with van der Waals surface area (Å²) in [6.45, 7) is 3.61. The predicted octanol–water partition coefficient (Wildman–Crippen LogP) is 1.38. The molecule has 0 unspecified atom stereocenters. The summed E-state index contributed by atoms with van der Waals surface area (Å²) in [4.78, 5) is 14.1. The third kappa shape index (κ3) is 2.45. The molecule has 1 aromatic rings. The SMILES string of the molecule is O=C1NCCN1C1(Cc2ccccc2)CCNCC1. The molecule has 1 aromatic carbocycles. The highest BCUT2D eigenvalue weighted by Gasteiger charge is 2.42. The van der Waals surface area contributed by atoms with Crippen LogP contribution in [0.15, 0.2) is 30.3 Å². The molecule has 19 heavy (non-hydrogen) atoms. The maximum atomic E-state index is 12.1. The lowest BCUT2D eigenvalue weighted by Gasteiger charge is -2.44. The van der Waals surface area contributed by atoms with E-state index >= 15 is 0 Å². The van der Waals surface area contributed by atoms with E-state index in [0.29, 0.717) is 0 Å². The molecule has 2 aliphatic heterocycles. The number of carbonyl (C=O) groups excluding carboxylic acids is 1. The summed E-state index contributed by atoms with van der Waals surface area (Å²) in [6.07, 6.45) is 3.04. The fourth-order valence-electron chi connectivity index (χ4n) is 3.33. The minimum Gasteiger partial charge on any atom is -0.336 e. The van der Waals surface area contributed by atoms with Crippen molar-refractivity contribution in [3.8, 4) is 0 Å². The van der Waals surface area contributed by atoms with Crippen molar-refractivity contribution in [2.75, 3.05) is 26.2 Å². The standard InChI is InChI=1S/C15H21N3O/c19-14-17-10-11-18(14)15(6-8-16-9-7-15)12-13-4-2-1-3-5-13/h1-5,16H,6-12H2,(H,17,19). The Kier molecular flexibility index (Phi) is 3.42. The Morgan fingerprint density at radius 1 is 1.11 bits per heavy atom. The molecule has 2 fully saturated rings. The number of piperidine rings is 1. The van der Waals surface area contributed by atoms with E-state index in [1.54, 1.807) is 0 Å². The number of nitrogens with zero attached hydrogens (tertiary/aromatic N) is 1. The second kappa shape index (κ2) is 5.21. The first-order valence-electron chi connectivity index (χ1n) is 7.10. The van der Waals surface area contributed by atoms with Gasteiger partial charge in [-0.3, -0.25) is 0 Å². The quantitative estimate of drug-likeness (QED) is 0.861. The summed E-state index contributed by atoms with van der Waals surface area (Å²) >= 11 is 0. The third-order valence-electron chi connectivity index (χ3n) is 4.34. The van der Waals surface area contributed by atoms with Crippen molar-refractivity contribution in [3.63, 3.8) is 0 Å². The van der Waals surface area contributed by atoms with Crippen LogP contribution in [0.4, 0.5) is 4.79 Å². The Balaban J connectivity index is 1.86. The zero-order valence-electron chi connectivity index (χ0n) is 11.2. The van der Waals surface area contributed by atoms with Crippen molar-refractivity contribution in [2.45, 2.75) is 24.8 Å². The number of urea groups is 1. The van der Waals surface area contributed by atoms with Gasteiger partial charge in [-0.05, 0) is 37.9 Å². The van der Waals surface area contributed by atoms with E-state index in [1.807, 2.05) is 6.07 Å². The first kappa shape index (κ1) is 12.5. The first-order valence-corrected chi connectivity index (χ1v) is 7.10. The molecule has 0 atom stereocenters. The molecule has 2 aliphatic rings. The number of hydrogen-bond acceptors (Lipinski definition) is 2. The lowest BCUT2D eigenvalue weighted by atomic mass is 9.81. The van der Waals surface area contributed by atoms with E-state index < -0.39 is 0 Å². The number of carbonyl (C=O) groups is 1. The van der Waals surface area contributed by atoms with E-state index in [-0.39, 0.29) is 11.6 Å². The van der Waals surface area contributed by atoms with Gasteiger partial charge in [-0.15, -0.1) is 0 Å². The molecule has 102 valence electrons. The van der Waals surface area contributed by atoms with E-state index in [0.717, 1.165) is 45.4 Å². The van der Waals surface area contributed by atoms with Crippen molar-refractivity contribution < 1.29 is 4.79 Å². The zero-order chi connectivity index (χ0) is 13.1. The lowest BCUT2D eigenvalue weighted by molar-refractivity contribution is 0.103. The van der Waals surface area contributed by atoms with Gasteiger partial charge in [0.05, 0.1) is 5.54 Å². The summed E-state index contributed by atoms with van der Waals surface area (Å²) < 4.78 is 0. The number of nitrogens with one attached hydrogen (secondary N) is 2. The second-order valence-corrected chi connectivity index (χ2v) is 5.52. The molecule has 4 nitrogen and oxygen atoms in total. The molecule has 3 rings (SSSR count). The molecule has 0 saturated carbocycles. The van der Waals surface area contributed by atoms with Crippen molar-refractivity contribution in [3.05, 3.63) is 35.9 Å². The normalized spacial score (nSPS) is 22.3. The van der Waals surface area contributed by atoms with Crippen LogP contribution in [0.25, 0.3) is 0 Å². The fraction of sp³-hybridized carbons (Fsp3) is 0.533. The number of amides is 2. The Hall–Kier alpha value is -1.55. The molecule has 4 heteroatoms. The van der Waals surface area contributed by atoms with Gasteiger partial charge < -0.3 is 15.5 Å². The monoisotopic (exact) mass is 259 g/mol. The van der Waals surface area contributed by atoms with Gasteiger partial charge in [-0.2, -0.15) is 0 Å². The molecule has 0 radical (unpaired) electrons. The third-order valence-corrected chi connectivity index (χ3v) is 4.34. The number of hydrogen-bond donors (Lipinski definition) is 2. The minimum atomic E-state index is -0.00676. The molecule has 0 aromatic heterocycles. The van der Waals surface area contributed by atoms with Gasteiger partial charge in [-0.1, -0.05) is 30.3 Å². The van der Waals surface area contributed by atoms with Crippen molar-refractivity contribution in [1.82, 2.24) is 15.5 Å². The summed E-state index contributed by atoms with van der Waals surface area (Å²) in [5.41, 5.74) is 1.32. The number of benzene rings is 1. The van der Waals surface area contributed by atoms with Crippen molar-refractivity contribution in [1.29, 1.82) is 0 Å². The van der Waals surface area contributed by atoms with Crippen LogP contribution in [0.2, 0.25) is 0 Å². The molecular weight excluding hydrogens is 238 g/mol. The molecule has 0 bridgehead atoms. The summed E-state index contributed by atoms with van der Waals surface area (Å²) in [7, 11) is 0. The minimum absolute atomic E-state index is 0.00676. The Labute approximate surface area is 114 Å². The van der Waals surface area contributed by atoms with E-state index in [2.05, 4.69) is 39.8 Å². The Bertz CT molecular complexity index is 440. The first-order chi connectivity index (χ1) is 9.30. The fourth-order valence-corrected chi connectivity index (χ4v) is 3.33. The Morgan fingerprint density at radius 3 is 2.47 bits per heavy atom. The average molecular weight is 259 g/mol. The van der Waals surface area contributed by atoms with Gasteiger partial charge >= 0.3 is 6.03 Å². The van der Waals surface area contributed by atoms with Crippen LogP contribution < -0.4 is 10.6 Å². The molecule has 0 spiro atoms. The zero-order valence-corrected chi connectivity index (χ0v) is 11.2. The maximum Gasteiger partial charge on any atom is 0.317 e. The van der Waals surface area contributed by atoms with Gasteiger partial charge in [0, 0.05) is 13.1 Å². The van der Waals surface area contributed by atoms with Crippen LogP contribution in [0.3, 0.4) is 0 Å². The van der Waals surface area contributed by atoms with Crippen molar-refractivity contribution >= 4 is 6.03 Å². The molecule has 0 aliphatic carbocycles. The van der Waals surface area contributed by atoms with Gasteiger partial charge in [0.25, 0.3) is 0 Å². The van der Waals surface area contributed by atoms with Gasteiger partial charge in [0.1, 0.15) is 0 Å². The van der Waals surface area contributed by atoms with Crippen LogP contribution >= 0.6 is 0 Å². The predicted molar refractivity (Wildman–Crippen MR) is 75.1 cm³/mol. The summed E-state index contributed by atoms with van der Waals surface area (Å²) in [5, 5.41) is 6.35. The van der Waals surface area contributed by atoms with Crippen molar-refractivity contribution in [2.24, 2.45) is 0 Å². The van der Waals surface area contributed by atoms with Gasteiger partial charge in [-0.25, -0.2) is 4.79 Å². The summed E-state index contributed by atoms with van der Waals surface area (Å²) in [5.74, 6) is 0. The van der Waals surface area contributed by atoms with Crippen LogP contribution in [0, 0.1) is 0 Å². The highest BCUT2D eigenvalue weighted by molar-refractivity contribution is 5.77. The van der Waals surface area contributed by atoms with Crippen LogP contribution in [0.1, 0.15) is 18.4 Å². The van der Waals surface area contributed by atoms with Crippen LogP contribution in [0.5, 0.6) is 0 Å². The lowest BCUT2D eigenvalue weighted by Crippen LogP contribution is -2.57. The maximum absolute atomic E-state index is 12.1. The number of rotatable bonds is 3. The molecular formula is C15H21N3O. The molecule has 2 amide bonds. The second-order valence-electron chi connectivity index (χ2n) is 5.52. The van der Waals surface area contributed by atoms with Gasteiger partial charge in [0.15, 0.2) is 0 Å². The highest BCUT2D eigenvalue weighted by atomic mass is 16.2. The average Bonchev–Trinajstić information content (AvgIpc) is 2.88. The van der Waals surface area contributed by atoms with Crippen LogP contribution in [-0.2, 0) is 6.42 Å². The van der Waals surface area contributed by atoms with Crippen LogP contribution in [-0.4, -0.2) is 42.6 Å². The molecule has 2 saturated heterocycles. The summed E-state index contributed by atoms with van der Waals surface area (Å²) in [6, 6.07) is 10.6. The van der Waals surface area contributed by atoms with Gasteiger partial charge in [0.2, 0.25) is 0 Å². The van der Waals surface area contributed by atoms with E-state index in [9.17, 15) is 4.79 Å². The smallest absolute Gasteiger partial charge is 0.317 e. The van der Waals surface area contributed by atoms with E-state index in [4.69, 9.17) is 0 Å². The highest BCUT2D eigenvalue weighted by Crippen LogP contribution is 2.31. The largest absolute Gasteiger partial charge is 0.336 e. The molecule has 2 heterocycles. The molecule has 2 N–H and O–H groups in total. The Morgan fingerprint density at radius 2 is 1.84 bits per heavy atom.